The van der Waals surface area contributed by atoms with Gasteiger partial charge < -0.3 is 5.32 Å². The van der Waals surface area contributed by atoms with Gasteiger partial charge in [0.25, 0.3) is 0 Å². The molecular formula is C23H22FN5. The maximum Gasteiger partial charge on any atom is 0.229 e. The Morgan fingerprint density at radius 1 is 1.10 bits per heavy atom. The Bertz CT molecular complexity index is 1170. The van der Waals surface area contributed by atoms with Crippen molar-refractivity contribution >= 4 is 22.5 Å². The van der Waals surface area contributed by atoms with Crippen molar-refractivity contribution in [3.8, 4) is 0 Å². The van der Waals surface area contributed by atoms with E-state index in [0.717, 1.165) is 59.6 Å². The average Bonchev–Trinajstić information content (AvgIpc) is 3.17. The maximum absolute atomic E-state index is 13.4. The van der Waals surface area contributed by atoms with Crippen molar-refractivity contribution in [1.29, 1.82) is 0 Å². The number of anilines is 2. The van der Waals surface area contributed by atoms with E-state index < -0.39 is 0 Å². The molecule has 29 heavy (non-hydrogen) atoms. The van der Waals surface area contributed by atoms with Crippen molar-refractivity contribution in [2.75, 3.05) is 5.32 Å². The summed E-state index contributed by atoms with van der Waals surface area (Å²) >= 11 is 0. The maximum atomic E-state index is 13.4. The van der Waals surface area contributed by atoms with Gasteiger partial charge in [0.1, 0.15) is 11.6 Å². The van der Waals surface area contributed by atoms with Gasteiger partial charge in [0.2, 0.25) is 5.95 Å². The standard InChI is InChI=1S/C23H22FN5/c1-2-17-18-5-4-14-25-19(18)12-13-20(17)26-23-28-27-22-7-3-6-21(29(22)23)15-8-10-16(24)11-9-15/h4-5,8-14,21H,2-3,6-7H2,1H3,(H,26,28)/t21-/m1/s1. The highest BCUT2D eigenvalue weighted by atomic mass is 19.1. The molecule has 1 atom stereocenters. The van der Waals surface area contributed by atoms with Crippen LogP contribution >= 0.6 is 0 Å². The number of rotatable bonds is 4. The third-order valence-corrected chi connectivity index (χ3v) is 5.71. The third kappa shape index (κ3) is 3.14. The van der Waals surface area contributed by atoms with E-state index in [4.69, 9.17) is 0 Å². The minimum Gasteiger partial charge on any atom is -0.324 e. The van der Waals surface area contributed by atoms with Crippen molar-refractivity contribution in [3.05, 3.63) is 77.5 Å². The van der Waals surface area contributed by atoms with Crippen LogP contribution in [0.1, 0.15) is 42.8 Å². The lowest BCUT2D eigenvalue weighted by molar-refractivity contribution is 0.454. The van der Waals surface area contributed by atoms with Gasteiger partial charge in [-0.1, -0.05) is 25.1 Å². The summed E-state index contributed by atoms with van der Waals surface area (Å²) in [6.45, 7) is 2.15. The van der Waals surface area contributed by atoms with E-state index in [1.165, 1.54) is 17.7 Å². The van der Waals surface area contributed by atoms with Gasteiger partial charge in [0.05, 0.1) is 11.6 Å². The summed E-state index contributed by atoms with van der Waals surface area (Å²) in [4.78, 5) is 4.47. The normalized spacial score (nSPS) is 16.0. The molecule has 1 aliphatic heterocycles. The second-order valence-corrected chi connectivity index (χ2v) is 7.41. The molecule has 2 aromatic carbocycles. The zero-order valence-corrected chi connectivity index (χ0v) is 16.3. The third-order valence-electron chi connectivity index (χ3n) is 5.71. The molecule has 0 unspecified atom stereocenters. The van der Waals surface area contributed by atoms with Gasteiger partial charge in [-0.3, -0.25) is 9.55 Å². The van der Waals surface area contributed by atoms with Gasteiger partial charge in [-0.2, -0.15) is 0 Å². The number of aryl methyl sites for hydroxylation is 2. The summed E-state index contributed by atoms with van der Waals surface area (Å²) in [6, 6.07) is 15.0. The van der Waals surface area contributed by atoms with Crippen molar-refractivity contribution in [2.24, 2.45) is 0 Å². The summed E-state index contributed by atoms with van der Waals surface area (Å²) in [5.41, 5.74) is 4.30. The molecule has 5 nitrogen and oxygen atoms in total. The highest BCUT2D eigenvalue weighted by Crippen LogP contribution is 2.35. The van der Waals surface area contributed by atoms with Crippen molar-refractivity contribution < 1.29 is 4.39 Å². The second kappa shape index (κ2) is 7.28. The molecule has 1 aliphatic rings. The molecular weight excluding hydrogens is 365 g/mol. The van der Waals surface area contributed by atoms with Crippen LogP contribution in [0.4, 0.5) is 16.0 Å². The Kier molecular flexibility index (Phi) is 4.46. The van der Waals surface area contributed by atoms with Gasteiger partial charge in [-0.15, -0.1) is 10.2 Å². The van der Waals surface area contributed by atoms with Crippen LogP contribution in [0, 0.1) is 5.82 Å². The minimum atomic E-state index is -0.218. The van der Waals surface area contributed by atoms with Gasteiger partial charge in [-0.05, 0) is 60.7 Å². The zero-order chi connectivity index (χ0) is 19.8. The number of hydrogen-bond acceptors (Lipinski definition) is 4. The molecule has 3 heterocycles. The summed E-state index contributed by atoms with van der Waals surface area (Å²) in [6.07, 6.45) is 5.62. The van der Waals surface area contributed by atoms with Gasteiger partial charge in [-0.25, -0.2) is 4.39 Å². The number of halogens is 1. The molecule has 1 N–H and O–H groups in total. The molecule has 0 aliphatic carbocycles. The van der Waals surface area contributed by atoms with Crippen LogP contribution in [0.15, 0.2) is 54.7 Å². The molecule has 5 rings (SSSR count). The molecule has 0 spiro atoms. The summed E-state index contributed by atoms with van der Waals surface area (Å²) < 4.78 is 15.6. The lowest BCUT2D eigenvalue weighted by atomic mass is 9.97. The quantitative estimate of drug-likeness (QED) is 0.523. The Morgan fingerprint density at radius 3 is 2.79 bits per heavy atom. The van der Waals surface area contributed by atoms with Crippen LogP contribution in [0.2, 0.25) is 0 Å². The predicted molar refractivity (Wildman–Crippen MR) is 112 cm³/mol. The SMILES string of the molecule is CCc1c(Nc2nnc3n2[C@@H](c2ccc(F)cc2)CCC3)ccc2ncccc12. The number of nitrogens with one attached hydrogen (secondary N) is 1. The molecule has 0 saturated carbocycles. The van der Waals surface area contributed by atoms with Crippen LogP contribution in [-0.4, -0.2) is 19.7 Å². The highest BCUT2D eigenvalue weighted by molar-refractivity contribution is 5.88. The zero-order valence-electron chi connectivity index (χ0n) is 16.3. The first-order chi connectivity index (χ1) is 14.2. The van der Waals surface area contributed by atoms with E-state index in [1.807, 2.05) is 30.5 Å². The van der Waals surface area contributed by atoms with Crippen LogP contribution in [0.5, 0.6) is 0 Å². The number of pyridine rings is 1. The fraction of sp³-hybridized carbons (Fsp3) is 0.261. The average molecular weight is 387 g/mol. The number of aromatic nitrogens is 4. The number of hydrogen-bond donors (Lipinski definition) is 1. The Labute approximate surface area is 168 Å². The lowest BCUT2D eigenvalue weighted by Gasteiger charge is -2.27. The van der Waals surface area contributed by atoms with Crippen LogP contribution in [0.25, 0.3) is 10.9 Å². The summed E-state index contributed by atoms with van der Waals surface area (Å²) in [5, 5.41) is 13.6. The molecule has 0 radical (unpaired) electrons. The highest BCUT2D eigenvalue weighted by Gasteiger charge is 2.26. The first-order valence-electron chi connectivity index (χ1n) is 10.1. The minimum absolute atomic E-state index is 0.101. The topological polar surface area (TPSA) is 55.6 Å². The molecule has 0 fully saturated rings. The van der Waals surface area contributed by atoms with Crippen LogP contribution in [-0.2, 0) is 12.8 Å². The lowest BCUT2D eigenvalue weighted by Crippen LogP contribution is -2.20. The van der Waals surface area contributed by atoms with Gasteiger partial charge in [0, 0.05) is 23.7 Å². The van der Waals surface area contributed by atoms with Crippen molar-refractivity contribution in [2.45, 2.75) is 38.6 Å². The van der Waals surface area contributed by atoms with E-state index in [9.17, 15) is 4.39 Å². The van der Waals surface area contributed by atoms with Crippen molar-refractivity contribution in [3.63, 3.8) is 0 Å². The number of benzene rings is 2. The Hall–Kier alpha value is -3.28. The first-order valence-corrected chi connectivity index (χ1v) is 10.1. The number of fused-ring (bicyclic) bond motifs is 2. The monoisotopic (exact) mass is 387 g/mol. The fourth-order valence-electron chi connectivity index (χ4n) is 4.32. The molecule has 4 aromatic rings. The fourth-order valence-corrected chi connectivity index (χ4v) is 4.32. The first kappa shape index (κ1) is 17.8. The summed E-state index contributed by atoms with van der Waals surface area (Å²) in [5.74, 6) is 1.48. The molecule has 6 heteroatoms. The second-order valence-electron chi connectivity index (χ2n) is 7.41. The Morgan fingerprint density at radius 2 is 1.97 bits per heavy atom. The van der Waals surface area contributed by atoms with E-state index in [0.29, 0.717) is 0 Å². The van der Waals surface area contributed by atoms with Crippen molar-refractivity contribution in [1.82, 2.24) is 19.7 Å². The van der Waals surface area contributed by atoms with Gasteiger partial charge in [0.15, 0.2) is 0 Å². The predicted octanol–water partition coefficient (Wildman–Crippen LogP) is 5.20. The molecule has 146 valence electrons. The molecule has 0 bridgehead atoms. The molecule has 0 amide bonds. The van der Waals surface area contributed by atoms with E-state index in [-0.39, 0.29) is 11.9 Å². The smallest absolute Gasteiger partial charge is 0.229 e. The molecule has 2 aromatic heterocycles. The van der Waals surface area contributed by atoms with E-state index in [2.05, 4.69) is 44.1 Å². The van der Waals surface area contributed by atoms with E-state index >= 15 is 0 Å². The molecule has 0 saturated heterocycles. The van der Waals surface area contributed by atoms with Gasteiger partial charge >= 0.3 is 0 Å². The Balaban J connectivity index is 1.57. The van der Waals surface area contributed by atoms with Crippen LogP contribution < -0.4 is 5.32 Å². The van der Waals surface area contributed by atoms with Crippen LogP contribution in [0.3, 0.4) is 0 Å². The number of nitrogens with zero attached hydrogens (tertiary/aromatic N) is 4. The van der Waals surface area contributed by atoms with E-state index in [1.54, 1.807) is 0 Å². The largest absolute Gasteiger partial charge is 0.324 e. The summed E-state index contributed by atoms with van der Waals surface area (Å²) in [7, 11) is 0.